The third-order valence-corrected chi connectivity index (χ3v) is 6.13. The van der Waals surface area contributed by atoms with Crippen LogP contribution in [0.1, 0.15) is 41.2 Å². The van der Waals surface area contributed by atoms with Gasteiger partial charge >= 0.3 is 6.03 Å². The zero-order valence-electron chi connectivity index (χ0n) is 17.0. The fourth-order valence-corrected chi connectivity index (χ4v) is 4.14. The summed E-state index contributed by atoms with van der Waals surface area (Å²) in [5.41, 5.74) is 4.84. The molecular formula is C23H25N3O3. The summed E-state index contributed by atoms with van der Waals surface area (Å²) in [7, 11) is 0. The number of urea groups is 1. The van der Waals surface area contributed by atoms with Crippen molar-refractivity contribution in [3.05, 3.63) is 64.2 Å². The van der Waals surface area contributed by atoms with Crippen molar-refractivity contribution in [2.45, 2.75) is 45.6 Å². The molecule has 0 spiro atoms. The van der Waals surface area contributed by atoms with Crippen LogP contribution in [0.5, 0.6) is 0 Å². The summed E-state index contributed by atoms with van der Waals surface area (Å²) in [6.07, 6.45) is 3.15. The van der Waals surface area contributed by atoms with E-state index in [0.717, 1.165) is 40.9 Å². The molecule has 1 aliphatic heterocycles. The number of amides is 4. The number of fused-ring (bicyclic) bond motifs is 1. The first-order chi connectivity index (χ1) is 13.8. The van der Waals surface area contributed by atoms with Gasteiger partial charge in [0.25, 0.3) is 5.91 Å². The van der Waals surface area contributed by atoms with Gasteiger partial charge in [-0.05, 0) is 73.9 Å². The molecule has 150 valence electrons. The van der Waals surface area contributed by atoms with Crippen LogP contribution in [-0.4, -0.2) is 29.3 Å². The number of rotatable bonds is 4. The average Bonchev–Trinajstić information content (AvgIpc) is 3.24. The van der Waals surface area contributed by atoms with Gasteiger partial charge in [-0.3, -0.25) is 14.5 Å². The van der Waals surface area contributed by atoms with Crippen molar-refractivity contribution in [3.8, 4) is 0 Å². The highest BCUT2D eigenvalue weighted by molar-refractivity contribution is 6.10. The van der Waals surface area contributed by atoms with Gasteiger partial charge in [0.05, 0.1) is 0 Å². The minimum atomic E-state index is -1.16. The maximum Gasteiger partial charge on any atom is 0.325 e. The Labute approximate surface area is 170 Å². The second kappa shape index (κ2) is 7.03. The van der Waals surface area contributed by atoms with Gasteiger partial charge in [0, 0.05) is 5.69 Å². The maximum absolute atomic E-state index is 13.1. The Balaban J connectivity index is 1.52. The van der Waals surface area contributed by atoms with Gasteiger partial charge in [0.15, 0.2) is 0 Å². The first-order valence-corrected chi connectivity index (χ1v) is 9.92. The van der Waals surface area contributed by atoms with Gasteiger partial charge in [-0.2, -0.15) is 0 Å². The molecule has 2 N–H and O–H groups in total. The summed E-state index contributed by atoms with van der Waals surface area (Å²) in [6.45, 7) is 5.26. The minimum absolute atomic E-state index is 0.321. The maximum atomic E-state index is 13.1. The Kier molecular flexibility index (Phi) is 4.65. The van der Waals surface area contributed by atoms with Crippen molar-refractivity contribution in [2.24, 2.45) is 0 Å². The van der Waals surface area contributed by atoms with E-state index in [4.69, 9.17) is 0 Å². The van der Waals surface area contributed by atoms with Crippen LogP contribution in [0.15, 0.2) is 36.4 Å². The predicted octanol–water partition coefficient (Wildman–Crippen LogP) is 3.20. The summed E-state index contributed by atoms with van der Waals surface area (Å²) >= 11 is 0. The molecule has 6 heteroatoms. The number of hydrogen-bond acceptors (Lipinski definition) is 3. The Morgan fingerprint density at radius 2 is 1.90 bits per heavy atom. The first-order valence-electron chi connectivity index (χ1n) is 9.92. The van der Waals surface area contributed by atoms with Crippen molar-refractivity contribution in [1.82, 2.24) is 10.2 Å². The molecule has 2 aromatic carbocycles. The van der Waals surface area contributed by atoms with Crippen LogP contribution in [0.4, 0.5) is 10.5 Å². The predicted molar refractivity (Wildman–Crippen MR) is 111 cm³/mol. The van der Waals surface area contributed by atoms with E-state index in [-0.39, 0.29) is 6.54 Å². The summed E-state index contributed by atoms with van der Waals surface area (Å²) in [5.74, 6) is -0.808. The second-order valence-electron chi connectivity index (χ2n) is 8.08. The molecule has 0 radical (unpaired) electrons. The molecule has 2 aliphatic rings. The monoisotopic (exact) mass is 391 g/mol. The van der Waals surface area contributed by atoms with E-state index >= 15 is 0 Å². The lowest BCUT2D eigenvalue weighted by Gasteiger charge is -2.23. The summed E-state index contributed by atoms with van der Waals surface area (Å²) < 4.78 is 0. The number of imide groups is 1. The number of hydrogen-bond donors (Lipinski definition) is 2. The highest BCUT2D eigenvalue weighted by atomic mass is 16.2. The van der Waals surface area contributed by atoms with Crippen LogP contribution < -0.4 is 10.6 Å². The van der Waals surface area contributed by atoms with Crippen molar-refractivity contribution >= 4 is 23.5 Å². The summed E-state index contributed by atoms with van der Waals surface area (Å²) in [5, 5.41) is 5.59. The van der Waals surface area contributed by atoms with Gasteiger partial charge in [-0.1, -0.05) is 30.3 Å². The molecule has 29 heavy (non-hydrogen) atoms. The van der Waals surface area contributed by atoms with Gasteiger partial charge in [-0.25, -0.2) is 4.79 Å². The van der Waals surface area contributed by atoms with Crippen molar-refractivity contribution in [3.63, 3.8) is 0 Å². The standard InChI is InChI=1S/C23H25N3O3/c1-14-6-4-9-19(15(14)2)24-20(27)13-26-21(28)23(3,25-22(26)29)18-11-10-16-7-5-8-17(16)12-18/h4,6,9-12H,5,7-8,13H2,1-3H3,(H,24,27)(H,25,29)/t23-/m0/s1. The molecule has 6 nitrogen and oxygen atoms in total. The van der Waals surface area contributed by atoms with Crippen molar-refractivity contribution in [2.75, 3.05) is 11.9 Å². The number of nitrogens with one attached hydrogen (secondary N) is 2. The molecule has 1 aliphatic carbocycles. The number of benzene rings is 2. The van der Waals surface area contributed by atoms with E-state index in [1.54, 1.807) is 13.0 Å². The number of carbonyl (C=O) groups excluding carboxylic acids is 3. The fourth-order valence-electron chi connectivity index (χ4n) is 4.14. The molecule has 4 amide bonds. The Morgan fingerprint density at radius 3 is 2.69 bits per heavy atom. The van der Waals surface area contributed by atoms with Crippen molar-refractivity contribution in [1.29, 1.82) is 0 Å². The van der Waals surface area contributed by atoms with Gasteiger partial charge in [0.1, 0.15) is 12.1 Å². The third-order valence-electron chi connectivity index (χ3n) is 6.13. The Hall–Kier alpha value is -3.15. The summed E-state index contributed by atoms with van der Waals surface area (Å²) in [4.78, 5) is 39.2. The number of aryl methyl sites for hydroxylation is 3. The largest absolute Gasteiger partial charge is 0.325 e. The highest BCUT2D eigenvalue weighted by Crippen LogP contribution is 2.32. The van der Waals surface area contributed by atoms with E-state index in [1.165, 1.54) is 11.1 Å². The molecule has 1 atom stereocenters. The van der Waals surface area contributed by atoms with Gasteiger partial charge in [0.2, 0.25) is 5.91 Å². The molecule has 1 saturated heterocycles. The van der Waals surface area contributed by atoms with Crippen LogP contribution in [0.2, 0.25) is 0 Å². The molecule has 0 unspecified atom stereocenters. The van der Waals surface area contributed by atoms with Crippen LogP contribution in [-0.2, 0) is 28.0 Å². The molecular weight excluding hydrogens is 366 g/mol. The van der Waals surface area contributed by atoms with E-state index < -0.39 is 23.4 Å². The molecule has 4 rings (SSSR count). The van der Waals surface area contributed by atoms with Gasteiger partial charge in [-0.15, -0.1) is 0 Å². The van der Waals surface area contributed by atoms with E-state index in [2.05, 4.69) is 10.6 Å². The average molecular weight is 391 g/mol. The van der Waals surface area contributed by atoms with E-state index in [0.29, 0.717) is 5.69 Å². The number of carbonyl (C=O) groups is 3. The zero-order valence-corrected chi connectivity index (χ0v) is 17.0. The molecule has 0 aromatic heterocycles. The summed E-state index contributed by atoms with van der Waals surface area (Å²) in [6, 6.07) is 11.0. The molecule has 1 heterocycles. The number of nitrogens with zero attached hydrogens (tertiary/aromatic N) is 1. The Morgan fingerprint density at radius 1 is 1.14 bits per heavy atom. The lowest BCUT2D eigenvalue weighted by atomic mass is 9.89. The third kappa shape index (κ3) is 3.28. The fraction of sp³-hybridized carbons (Fsp3) is 0.348. The Bertz CT molecular complexity index is 1030. The smallest absolute Gasteiger partial charge is 0.324 e. The van der Waals surface area contributed by atoms with Crippen LogP contribution in [0.25, 0.3) is 0 Å². The number of anilines is 1. The van der Waals surface area contributed by atoms with E-state index in [1.807, 2.05) is 44.2 Å². The molecule has 0 bridgehead atoms. The topological polar surface area (TPSA) is 78.5 Å². The quantitative estimate of drug-likeness (QED) is 0.786. The first kappa shape index (κ1) is 19.2. The molecule has 1 fully saturated rings. The molecule has 2 aromatic rings. The normalized spacial score (nSPS) is 20.6. The van der Waals surface area contributed by atoms with Crippen molar-refractivity contribution < 1.29 is 14.4 Å². The zero-order chi connectivity index (χ0) is 20.8. The van der Waals surface area contributed by atoms with E-state index in [9.17, 15) is 14.4 Å². The van der Waals surface area contributed by atoms with Gasteiger partial charge < -0.3 is 10.6 Å². The lowest BCUT2D eigenvalue weighted by molar-refractivity contribution is -0.133. The molecule has 0 saturated carbocycles. The lowest BCUT2D eigenvalue weighted by Crippen LogP contribution is -2.42. The SMILES string of the molecule is Cc1cccc(NC(=O)CN2C(=O)N[C@@](C)(c3ccc4c(c3)CCC4)C2=O)c1C. The highest BCUT2D eigenvalue weighted by Gasteiger charge is 2.49. The minimum Gasteiger partial charge on any atom is -0.324 e. The van der Waals surface area contributed by atoms with Crippen LogP contribution in [0.3, 0.4) is 0 Å². The van der Waals surface area contributed by atoms with Crippen LogP contribution >= 0.6 is 0 Å². The van der Waals surface area contributed by atoms with Crippen LogP contribution in [0, 0.1) is 13.8 Å². The second-order valence-corrected chi connectivity index (χ2v) is 8.08.